The molecule has 0 amide bonds. The van der Waals surface area contributed by atoms with Gasteiger partial charge in [-0.05, 0) is 13.3 Å². The summed E-state index contributed by atoms with van der Waals surface area (Å²) in [6, 6.07) is 0. The van der Waals surface area contributed by atoms with E-state index in [0.29, 0.717) is 19.1 Å². The summed E-state index contributed by atoms with van der Waals surface area (Å²) in [4.78, 5) is 4.26. The van der Waals surface area contributed by atoms with E-state index in [2.05, 4.69) is 22.4 Å². The van der Waals surface area contributed by atoms with E-state index in [4.69, 9.17) is 14.0 Å². The van der Waals surface area contributed by atoms with E-state index in [1.165, 1.54) is 0 Å². The van der Waals surface area contributed by atoms with Crippen LogP contribution in [-0.4, -0.2) is 42.5 Å². The maximum Gasteiger partial charge on any atom is 0.252 e. The summed E-state index contributed by atoms with van der Waals surface area (Å²) < 4.78 is 15.8. The maximum absolute atomic E-state index is 5.71. The van der Waals surface area contributed by atoms with E-state index >= 15 is 0 Å². The number of ether oxygens (including phenoxy) is 2. The fourth-order valence-electron chi connectivity index (χ4n) is 1.64. The Balaban J connectivity index is 1.73. The molecule has 0 unspecified atom stereocenters. The van der Waals surface area contributed by atoms with Crippen LogP contribution in [0.4, 0.5) is 0 Å². The summed E-state index contributed by atoms with van der Waals surface area (Å²) in [6.07, 6.45) is 1.67. The predicted molar refractivity (Wildman–Crippen MR) is 60.6 cm³/mol. The molecule has 0 saturated carbocycles. The summed E-state index contributed by atoms with van der Waals surface area (Å²) in [6.45, 7) is 4.92. The van der Waals surface area contributed by atoms with Gasteiger partial charge < -0.3 is 19.3 Å². The molecule has 96 valence electrons. The Morgan fingerprint density at radius 3 is 2.94 bits per heavy atom. The number of nitrogens with zero attached hydrogens (tertiary/aromatic N) is 2. The van der Waals surface area contributed by atoms with Crippen LogP contribution in [0.2, 0.25) is 0 Å². The van der Waals surface area contributed by atoms with Crippen LogP contribution < -0.4 is 5.32 Å². The highest BCUT2D eigenvalue weighted by Gasteiger charge is 2.32. The predicted octanol–water partition coefficient (Wildman–Crippen LogP) is 0.527. The molecule has 1 aliphatic rings. The van der Waals surface area contributed by atoms with Crippen LogP contribution in [0.15, 0.2) is 4.52 Å². The lowest BCUT2D eigenvalue weighted by molar-refractivity contribution is -0.0841. The molecule has 1 aliphatic heterocycles. The minimum absolute atomic E-state index is 0.0787. The summed E-state index contributed by atoms with van der Waals surface area (Å²) in [5, 5.41) is 7.07. The minimum atomic E-state index is -0.0787. The fraction of sp³-hybridized carbons (Fsp3) is 0.818. The Kier molecular flexibility index (Phi) is 4.09. The first-order valence-corrected chi connectivity index (χ1v) is 5.87. The molecular formula is C11H19N3O3. The van der Waals surface area contributed by atoms with Gasteiger partial charge in [-0.15, -0.1) is 0 Å². The molecule has 1 fully saturated rings. The first kappa shape index (κ1) is 12.5. The van der Waals surface area contributed by atoms with Crippen molar-refractivity contribution in [2.24, 2.45) is 0 Å². The van der Waals surface area contributed by atoms with Crippen LogP contribution in [0.3, 0.4) is 0 Å². The van der Waals surface area contributed by atoms with Gasteiger partial charge in [-0.25, -0.2) is 0 Å². The number of rotatable bonds is 7. The average Bonchev–Trinajstić information content (AvgIpc) is 2.72. The highest BCUT2D eigenvalue weighted by molar-refractivity contribution is 4.91. The molecule has 2 rings (SSSR count). The standard InChI is InChI=1S/C11H19N3O3/c1-11(7-12-8-11)16-6-10-13-9(14-17-10)4-3-5-15-2/h12H,3-8H2,1-2H3. The van der Waals surface area contributed by atoms with E-state index in [-0.39, 0.29) is 5.60 Å². The van der Waals surface area contributed by atoms with Crippen LogP contribution in [-0.2, 0) is 22.5 Å². The zero-order valence-electron chi connectivity index (χ0n) is 10.4. The molecule has 1 saturated heterocycles. The van der Waals surface area contributed by atoms with E-state index in [1.807, 2.05) is 0 Å². The second-order valence-corrected chi connectivity index (χ2v) is 4.54. The van der Waals surface area contributed by atoms with Crippen molar-refractivity contribution < 1.29 is 14.0 Å². The summed E-state index contributed by atoms with van der Waals surface area (Å²) >= 11 is 0. The quantitative estimate of drug-likeness (QED) is 0.702. The van der Waals surface area contributed by atoms with Gasteiger partial charge in [0, 0.05) is 33.2 Å². The van der Waals surface area contributed by atoms with E-state index in [0.717, 1.165) is 31.8 Å². The SMILES string of the molecule is COCCCc1noc(COC2(C)CNC2)n1. The van der Waals surface area contributed by atoms with Crippen LogP contribution in [0.1, 0.15) is 25.1 Å². The smallest absolute Gasteiger partial charge is 0.252 e. The second-order valence-electron chi connectivity index (χ2n) is 4.54. The topological polar surface area (TPSA) is 69.4 Å². The van der Waals surface area contributed by atoms with Gasteiger partial charge in [0.25, 0.3) is 5.89 Å². The van der Waals surface area contributed by atoms with Gasteiger partial charge in [0.2, 0.25) is 0 Å². The number of methoxy groups -OCH3 is 1. The van der Waals surface area contributed by atoms with Gasteiger partial charge >= 0.3 is 0 Å². The minimum Gasteiger partial charge on any atom is -0.385 e. The van der Waals surface area contributed by atoms with E-state index < -0.39 is 0 Å². The molecule has 6 nitrogen and oxygen atoms in total. The molecule has 6 heteroatoms. The lowest BCUT2D eigenvalue weighted by Crippen LogP contribution is -2.58. The molecule has 0 aliphatic carbocycles. The van der Waals surface area contributed by atoms with Crippen LogP contribution in [0.25, 0.3) is 0 Å². The highest BCUT2D eigenvalue weighted by atomic mass is 16.5. The number of aromatic nitrogens is 2. The van der Waals surface area contributed by atoms with Crippen molar-refractivity contribution in [2.45, 2.75) is 32.0 Å². The number of hydrogen-bond acceptors (Lipinski definition) is 6. The van der Waals surface area contributed by atoms with Gasteiger partial charge in [0.05, 0.1) is 5.60 Å². The first-order valence-electron chi connectivity index (χ1n) is 5.87. The third-order valence-corrected chi connectivity index (χ3v) is 2.80. The monoisotopic (exact) mass is 241 g/mol. The van der Waals surface area contributed by atoms with Crippen molar-refractivity contribution in [1.29, 1.82) is 0 Å². The Morgan fingerprint density at radius 1 is 1.47 bits per heavy atom. The van der Waals surface area contributed by atoms with Crippen LogP contribution in [0, 0.1) is 0 Å². The molecule has 1 aromatic rings. The molecule has 17 heavy (non-hydrogen) atoms. The van der Waals surface area contributed by atoms with Crippen LogP contribution in [0.5, 0.6) is 0 Å². The van der Waals surface area contributed by atoms with Crippen molar-refractivity contribution in [2.75, 3.05) is 26.8 Å². The molecule has 2 heterocycles. The number of hydrogen-bond donors (Lipinski definition) is 1. The van der Waals surface area contributed by atoms with Crippen molar-refractivity contribution in [3.05, 3.63) is 11.7 Å². The van der Waals surface area contributed by atoms with Gasteiger partial charge in [-0.2, -0.15) is 4.98 Å². The molecule has 0 atom stereocenters. The first-order chi connectivity index (χ1) is 8.22. The zero-order valence-corrected chi connectivity index (χ0v) is 10.4. The Morgan fingerprint density at radius 2 is 2.29 bits per heavy atom. The summed E-state index contributed by atoms with van der Waals surface area (Å²) in [5.74, 6) is 1.27. The molecule has 0 aromatic carbocycles. The third kappa shape index (κ3) is 3.49. The molecule has 0 spiro atoms. The van der Waals surface area contributed by atoms with Gasteiger partial charge in [0.15, 0.2) is 5.82 Å². The largest absolute Gasteiger partial charge is 0.385 e. The Labute approximate surface area is 101 Å². The maximum atomic E-state index is 5.71. The summed E-state index contributed by atoms with van der Waals surface area (Å²) in [7, 11) is 1.68. The zero-order chi connectivity index (χ0) is 12.1. The molecule has 0 radical (unpaired) electrons. The van der Waals surface area contributed by atoms with Gasteiger partial charge in [0.1, 0.15) is 6.61 Å². The van der Waals surface area contributed by atoms with Gasteiger partial charge in [-0.1, -0.05) is 5.16 Å². The average molecular weight is 241 g/mol. The second kappa shape index (κ2) is 5.57. The molecular weight excluding hydrogens is 222 g/mol. The Hall–Kier alpha value is -0.980. The van der Waals surface area contributed by atoms with E-state index in [1.54, 1.807) is 7.11 Å². The van der Waals surface area contributed by atoms with Crippen molar-refractivity contribution >= 4 is 0 Å². The summed E-state index contributed by atoms with van der Waals surface area (Å²) in [5.41, 5.74) is -0.0787. The van der Waals surface area contributed by atoms with Crippen molar-refractivity contribution in [1.82, 2.24) is 15.5 Å². The highest BCUT2D eigenvalue weighted by Crippen LogP contribution is 2.17. The van der Waals surface area contributed by atoms with E-state index in [9.17, 15) is 0 Å². The third-order valence-electron chi connectivity index (χ3n) is 2.80. The lowest BCUT2D eigenvalue weighted by Gasteiger charge is -2.38. The van der Waals surface area contributed by atoms with Crippen LogP contribution >= 0.6 is 0 Å². The number of aryl methyl sites for hydroxylation is 1. The molecule has 1 aromatic heterocycles. The number of nitrogens with one attached hydrogen (secondary N) is 1. The van der Waals surface area contributed by atoms with Gasteiger partial charge in [-0.3, -0.25) is 0 Å². The van der Waals surface area contributed by atoms with Crippen molar-refractivity contribution in [3.8, 4) is 0 Å². The van der Waals surface area contributed by atoms with Crippen molar-refractivity contribution in [3.63, 3.8) is 0 Å². The normalized spacial score (nSPS) is 18.0. The fourth-order valence-corrected chi connectivity index (χ4v) is 1.64. The molecule has 0 bridgehead atoms. The molecule has 1 N–H and O–H groups in total. The lowest BCUT2D eigenvalue weighted by atomic mass is 10.0. The Bertz CT molecular complexity index is 349.